The van der Waals surface area contributed by atoms with E-state index in [1.54, 1.807) is 11.3 Å². The summed E-state index contributed by atoms with van der Waals surface area (Å²) in [5, 5.41) is 3.24. The summed E-state index contributed by atoms with van der Waals surface area (Å²) in [5.41, 5.74) is 7.78. The van der Waals surface area contributed by atoms with E-state index < -0.39 is 0 Å². The van der Waals surface area contributed by atoms with Gasteiger partial charge in [0, 0.05) is 9.75 Å². The van der Waals surface area contributed by atoms with E-state index in [1.165, 1.54) is 21.6 Å². The Morgan fingerprint density at radius 1 is 1.35 bits per heavy atom. The first-order valence-corrected chi connectivity index (χ1v) is 7.36. The lowest BCUT2D eigenvalue weighted by Crippen LogP contribution is -2.11. The molecule has 6 heteroatoms. The molecule has 0 aliphatic rings. The van der Waals surface area contributed by atoms with E-state index in [0.717, 1.165) is 0 Å². The van der Waals surface area contributed by atoms with Crippen molar-refractivity contribution in [2.24, 2.45) is 0 Å². The van der Waals surface area contributed by atoms with Gasteiger partial charge in [-0.1, -0.05) is 0 Å². The maximum atomic E-state index is 6.02. The second-order valence-corrected chi connectivity index (χ2v) is 6.25. The summed E-state index contributed by atoms with van der Waals surface area (Å²) in [6.45, 7) is 8.81. The SMILES string of the molecule is Cc1cc(CNc2ncnc(OC(C)C)c2N)sc1C. The van der Waals surface area contributed by atoms with Gasteiger partial charge in [0.2, 0.25) is 5.88 Å². The predicted octanol–water partition coefficient (Wildman–Crippen LogP) is 3.14. The molecule has 0 bridgehead atoms. The van der Waals surface area contributed by atoms with Crippen LogP contribution in [-0.2, 0) is 6.54 Å². The first kappa shape index (κ1) is 14.6. The molecule has 0 spiro atoms. The number of thiophene rings is 1. The number of nitrogens with two attached hydrogens (primary N) is 1. The highest BCUT2D eigenvalue weighted by atomic mass is 32.1. The molecule has 2 aromatic heterocycles. The molecule has 2 rings (SSSR count). The number of hydrogen-bond donors (Lipinski definition) is 2. The normalized spacial score (nSPS) is 10.8. The number of nitrogens with one attached hydrogen (secondary N) is 1. The topological polar surface area (TPSA) is 73.1 Å². The Morgan fingerprint density at radius 2 is 2.10 bits per heavy atom. The molecule has 2 heterocycles. The molecule has 0 unspecified atom stereocenters. The highest BCUT2D eigenvalue weighted by Gasteiger charge is 2.11. The summed E-state index contributed by atoms with van der Waals surface area (Å²) in [7, 11) is 0. The van der Waals surface area contributed by atoms with Crippen molar-refractivity contribution in [1.29, 1.82) is 0 Å². The van der Waals surface area contributed by atoms with E-state index in [-0.39, 0.29) is 6.10 Å². The van der Waals surface area contributed by atoms with Crippen molar-refractivity contribution < 1.29 is 4.74 Å². The van der Waals surface area contributed by atoms with Crippen molar-refractivity contribution in [3.8, 4) is 5.88 Å². The quantitative estimate of drug-likeness (QED) is 0.885. The Balaban J connectivity index is 2.09. The minimum Gasteiger partial charge on any atom is -0.473 e. The average molecular weight is 292 g/mol. The van der Waals surface area contributed by atoms with E-state index in [1.807, 2.05) is 13.8 Å². The van der Waals surface area contributed by atoms with Gasteiger partial charge in [0.15, 0.2) is 5.82 Å². The number of nitrogens with zero attached hydrogens (tertiary/aromatic N) is 2. The van der Waals surface area contributed by atoms with Gasteiger partial charge >= 0.3 is 0 Å². The number of anilines is 2. The molecule has 0 saturated carbocycles. The zero-order valence-corrected chi connectivity index (χ0v) is 13.0. The number of aryl methyl sites for hydroxylation is 2. The zero-order chi connectivity index (χ0) is 14.7. The Morgan fingerprint density at radius 3 is 2.70 bits per heavy atom. The predicted molar refractivity (Wildman–Crippen MR) is 83.3 cm³/mol. The lowest BCUT2D eigenvalue weighted by atomic mass is 10.3. The van der Waals surface area contributed by atoms with Gasteiger partial charge in [-0.25, -0.2) is 4.98 Å². The van der Waals surface area contributed by atoms with Crippen LogP contribution in [0.25, 0.3) is 0 Å². The molecule has 0 fully saturated rings. The van der Waals surface area contributed by atoms with Gasteiger partial charge in [0.25, 0.3) is 0 Å². The fraction of sp³-hybridized carbons (Fsp3) is 0.429. The molecule has 0 amide bonds. The first-order chi connectivity index (χ1) is 9.47. The summed E-state index contributed by atoms with van der Waals surface area (Å²) in [4.78, 5) is 10.8. The van der Waals surface area contributed by atoms with Crippen LogP contribution in [0.4, 0.5) is 11.5 Å². The molecule has 0 aliphatic heterocycles. The zero-order valence-electron chi connectivity index (χ0n) is 12.2. The molecule has 0 atom stereocenters. The number of ether oxygens (including phenoxy) is 1. The molecule has 0 radical (unpaired) electrons. The number of nitrogen functional groups attached to an aromatic ring is 1. The van der Waals surface area contributed by atoms with Gasteiger partial charge in [-0.3, -0.25) is 0 Å². The van der Waals surface area contributed by atoms with Crippen LogP contribution >= 0.6 is 11.3 Å². The Labute approximate surface area is 123 Å². The van der Waals surface area contributed by atoms with Crippen LogP contribution in [0.5, 0.6) is 5.88 Å². The van der Waals surface area contributed by atoms with Crippen molar-refractivity contribution in [1.82, 2.24) is 9.97 Å². The first-order valence-electron chi connectivity index (χ1n) is 6.54. The molecule has 20 heavy (non-hydrogen) atoms. The summed E-state index contributed by atoms with van der Waals surface area (Å²) >= 11 is 1.78. The molecule has 0 aliphatic carbocycles. The minimum atomic E-state index is 0.0302. The summed E-state index contributed by atoms with van der Waals surface area (Å²) in [5.74, 6) is 1.04. The highest BCUT2D eigenvalue weighted by molar-refractivity contribution is 7.12. The molecule has 0 saturated heterocycles. The molecule has 5 nitrogen and oxygen atoms in total. The second kappa shape index (κ2) is 6.09. The summed E-state index contributed by atoms with van der Waals surface area (Å²) in [6.07, 6.45) is 1.49. The van der Waals surface area contributed by atoms with E-state index in [9.17, 15) is 0 Å². The highest BCUT2D eigenvalue weighted by Crippen LogP contribution is 2.27. The second-order valence-electron chi connectivity index (χ2n) is 4.91. The summed E-state index contributed by atoms with van der Waals surface area (Å²) in [6, 6.07) is 2.18. The van der Waals surface area contributed by atoms with Crippen LogP contribution < -0.4 is 15.8 Å². The monoisotopic (exact) mass is 292 g/mol. The van der Waals surface area contributed by atoms with Crippen LogP contribution in [-0.4, -0.2) is 16.1 Å². The third-order valence-electron chi connectivity index (χ3n) is 2.84. The maximum absolute atomic E-state index is 6.02. The molecular formula is C14H20N4OS. The van der Waals surface area contributed by atoms with E-state index in [4.69, 9.17) is 10.5 Å². The van der Waals surface area contributed by atoms with Gasteiger partial charge in [-0.15, -0.1) is 11.3 Å². The standard InChI is InChI=1S/C14H20N4OS/c1-8(2)19-14-12(15)13(17-7-18-14)16-6-11-5-9(3)10(4)20-11/h5,7-8H,6,15H2,1-4H3,(H,16,17,18). The maximum Gasteiger partial charge on any atom is 0.242 e. The third kappa shape index (κ3) is 3.39. The Hall–Kier alpha value is -1.82. The lowest BCUT2D eigenvalue weighted by Gasteiger charge is -2.13. The molecule has 2 aromatic rings. The van der Waals surface area contributed by atoms with Crippen LogP contribution in [0.3, 0.4) is 0 Å². The van der Waals surface area contributed by atoms with E-state index in [0.29, 0.717) is 23.9 Å². The van der Waals surface area contributed by atoms with E-state index in [2.05, 4.69) is 35.2 Å². The van der Waals surface area contributed by atoms with Crippen LogP contribution in [0.15, 0.2) is 12.4 Å². The van der Waals surface area contributed by atoms with Crippen LogP contribution in [0, 0.1) is 13.8 Å². The van der Waals surface area contributed by atoms with Gasteiger partial charge in [-0.05, 0) is 39.3 Å². The smallest absolute Gasteiger partial charge is 0.242 e. The number of rotatable bonds is 5. The Kier molecular flexibility index (Phi) is 4.44. The summed E-state index contributed by atoms with van der Waals surface area (Å²) < 4.78 is 5.55. The van der Waals surface area contributed by atoms with Gasteiger partial charge in [0.05, 0.1) is 12.6 Å². The Bertz CT molecular complexity index is 575. The molecular weight excluding hydrogens is 272 g/mol. The van der Waals surface area contributed by atoms with Crippen molar-refractivity contribution >= 4 is 22.8 Å². The molecule has 108 valence electrons. The molecule has 0 aromatic carbocycles. The fourth-order valence-electron chi connectivity index (χ4n) is 1.75. The van der Waals surface area contributed by atoms with Crippen molar-refractivity contribution in [3.63, 3.8) is 0 Å². The average Bonchev–Trinajstić information content (AvgIpc) is 2.69. The lowest BCUT2D eigenvalue weighted by molar-refractivity contribution is 0.234. The number of hydrogen-bond acceptors (Lipinski definition) is 6. The minimum absolute atomic E-state index is 0.0302. The van der Waals surface area contributed by atoms with Crippen LogP contribution in [0.1, 0.15) is 29.2 Å². The van der Waals surface area contributed by atoms with Gasteiger partial charge in [0.1, 0.15) is 12.0 Å². The number of aromatic nitrogens is 2. The van der Waals surface area contributed by atoms with Crippen molar-refractivity contribution in [2.75, 3.05) is 11.1 Å². The van der Waals surface area contributed by atoms with Crippen LogP contribution in [0.2, 0.25) is 0 Å². The van der Waals surface area contributed by atoms with E-state index >= 15 is 0 Å². The third-order valence-corrected chi connectivity index (χ3v) is 3.99. The van der Waals surface area contributed by atoms with Gasteiger partial charge < -0.3 is 15.8 Å². The van der Waals surface area contributed by atoms with Gasteiger partial charge in [-0.2, -0.15) is 4.98 Å². The fourth-order valence-corrected chi connectivity index (χ4v) is 2.74. The van der Waals surface area contributed by atoms with Crippen molar-refractivity contribution in [2.45, 2.75) is 40.3 Å². The largest absolute Gasteiger partial charge is 0.473 e. The van der Waals surface area contributed by atoms with Crippen molar-refractivity contribution in [3.05, 3.63) is 27.7 Å². The molecule has 3 N–H and O–H groups in total.